The van der Waals surface area contributed by atoms with Crippen LogP contribution >= 0.6 is 0 Å². The molecule has 0 aliphatic carbocycles. The third kappa shape index (κ3) is 10.4. The molecule has 0 unspecified atom stereocenters. The van der Waals surface area contributed by atoms with Gasteiger partial charge in [0.05, 0.1) is 18.6 Å². The second-order valence-corrected chi connectivity index (χ2v) is 13.3. The molecule has 0 aromatic heterocycles. The summed E-state index contributed by atoms with van der Waals surface area (Å²) in [6, 6.07) is 20.3. The molecule has 1 aliphatic rings. The number of amides is 4. The second-order valence-electron chi connectivity index (χ2n) is 13.3. The Morgan fingerprint density at radius 1 is 0.935 bits per heavy atom. The zero-order valence-corrected chi connectivity index (χ0v) is 27.0. The molecule has 1 heterocycles. The lowest BCUT2D eigenvalue weighted by atomic mass is 9.95. The SMILES string of the molecule is CC(C)(C)NC(=O)C[C@@H]1CCCCN1C[C@@H](O)[C@H](Cc1ccccc1)NC(=O)[C@H](CC(N)=O)NC(=O)c1ccc2ccccc2c1. The van der Waals surface area contributed by atoms with Gasteiger partial charge in [-0.15, -0.1) is 0 Å². The molecule has 4 rings (SSSR count). The standard InChI is InChI=1S/C36H47N5O5/c1-36(2,3)40-33(44)21-28-15-9-10-18-41(28)23-31(42)29(19-24-11-5-4-6-12-24)38-35(46)30(22-32(37)43)39-34(45)27-17-16-25-13-7-8-14-26(25)20-27/h4-8,11-14,16-17,20,28-31,42H,9-10,15,18-19,21-23H2,1-3H3,(H2,37,43)(H,38,46)(H,39,45)(H,40,44)/t28-,29-,30-,31+/m0/s1. The quantitative estimate of drug-likeness (QED) is 0.196. The van der Waals surface area contributed by atoms with Crippen LogP contribution in [0, 0.1) is 0 Å². The maximum atomic E-state index is 13.7. The first-order valence-corrected chi connectivity index (χ1v) is 16.0. The number of likely N-dealkylation sites (tertiary alicyclic amines) is 1. The van der Waals surface area contributed by atoms with Gasteiger partial charge in [-0.25, -0.2) is 0 Å². The fourth-order valence-corrected chi connectivity index (χ4v) is 6.00. The van der Waals surface area contributed by atoms with Gasteiger partial charge < -0.3 is 26.8 Å². The van der Waals surface area contributed by atoms with Gasteiger partial charge in [0.1, 0.15) is 6.04 Å². The molecule has 0 bridgehead atoms. The van der Waals surface area contributed by atoms with Crippen LogP contribution in [0.5, 0.6) is 0 Å². The summed E-state index contributed by atoms with van der Waals surface area (Å²) in [5, 5.41) is 22.1. The zero-order valence-electron chi connectivity index (χ0n) is 27.0. The number of nitrogens with zero attached hydrogens (tertiary/aromatic N) is 1. The van der Waals surface area contributed by atoms with Crippen molar-refractivity contribution in [1.82, 2.24) is 20.9 Å². The third-order valence-corrected chi connectivity index (χ3v) is 8.24. The van der Waals surface area contributed by atoms with Gasteiger partial charge in [0.25, 0.3) is 5.91 Å². The monoisotopic (exact) mass is 629 g/mol. The predicted molar refractivity (Wildman–Crippen MR) is 179 cm³/mol. The van der Waals surface area contributed by atoms with E-state index in [2.05, 4.69) is 20.9 Å². The van der Waals surface area contributed by atoms with Crippen molar-refractivity contribution in [2.75, 3.05) is 13.1 Å². The molecular weight excluding hydrogens is 582 g/mol. The number of primary amides is 1. The molecule has 0 spiro atoms. The van der Waals surface area contributed by atoms with Crippen LogP contribution in [0.1, 0.15) is 68.8 Å². The lowest BCUT2D eigenvalue weighted by molar-refractivity contribution is -0.128. The maximum absolute atomic E-state index is 13.7. The van der Waals surface area contributed by atoms with Gasteiger partial charge in [-0.2, -0.15) is 0 Å². The third-order valence-electron chi connectivity index (χ3n) is 8.24. The number of carbonyl (C=O) groups excluding carboxylic acids is 4. The second kappa shape index (κ2) is 15.8. The first-order valence-electron chi connectivity index (χ1n) is 16.0. The van der Waals surface area contributed by atoms with Gasteiger partial charge >= 0.3 is 0 Å². The summed E-state index contributed by atoms with van der Waals surface area (Å²) in [4.78, 5) is 53.8. The fraction of sp³-hybridized carbons (Fsp3) is 0.444. The number of piperidine rings is 1. The number of hydrogen-bond acceptors (Lipinski definition) is 6. The predicted octanol–water partition coefficient (Wildman–Crippen LogP) is 3.06. The van der Waals surface area contributed by atoms with Crippen molar-refractivity contribution in [2.45, 2.75) is 89.1 Å². The molecule has 3 aromatic rings. The minimum Gasteiger partial charge on any atom is -0.390 e. The van der Waals surface area contributed by atoms with Crippen LogP contribution < -0.4 is 21.7 Å². The summed E-state index contributed by atoms with van der Waals surface area (Å²) in [7, 11) is 0. The molecule has 1 fully saturated rings. The Hall–Kier alpha value is -4.28. The Balaban J connectivity index is 1.50. The van der Waals surface area contributed by atoms with Crippen molar-refractivity contribution >= 4 is 34.4 Å². The number of rotatable bonds is 13. The molecule has 10 nitrogen and oxygen atoms in total. The minimum atomic E-state index is -1.24. The molecular formula is C36H47N5O5. The molecule has 1 saturated heterocycles. The highest BCUT2D eigenvalue weighted by atomic mass is 16.3. The lowest BCUT2D eigenvalue weighted by Gasteiger charge is -2.38. The number of carbonyl (C=O) groups is 4. The summed E-state index contributed by atoms with van der Waals surface area (Å²) < 4.78 is 0. The van der Waals surface area contributed by atoms with Crippen molar-refractivity contribution in [2.24, 2.45) is 5.73 Å². The Labute approximate surface area is 271 Å². The van der Waals surface area contributed by atoms with Gasteiger partial charge in [-0.05, 0) is 75.0 Å². The highest BCUT2D eigenvalue weighted by Gasteiger charge is 2.32. The topological polar surface area (TPSA) is 154 Å². The molecule has 0 radical (unpaired) electrons. The van der Waals surface area contributed by atoms with E-state index in [9.17, 15) is 24.3 Å². The number of aliphatic hydroxyl groups excluding tert-OH is 1. The van der Waals surface area contributed by atoms with Crippen LogP contribution in [0.2, 0.25) is 0 Å². The normalized spacial score (nSPS) is 17.4. The van der Waals surface area contributed by atoms with Crippen molar-refractivity contribution in [1.29, 1.82) is 0 Å². The molecule has 246 valence electrons. The van der Waals surface area contributed by atoms with Gasteiger partial charge in [-0.1, -0.05) is 67.1 Å². The highest BCUT2D eigenvalue weighted by Crippen LogP contribution is 2.22. The first kappa shape index (κ1) is 34.6. The molecule has 1 aliphatic heterocycles. The average molecular weight is 630 g/mol. The van der Waals surface area contributed by atoms with Crippen molar-refractivity contribution in [3.63, 3.8) is 0 Å². The first-order chi connectivity index (χ1) is 21.9. The van der Waals surface area contributed by atoms with E-state index >= 15 is 0 Å². The lowest BCUT2D eigenvalue weighted by Crippen LogP contribution is -2.57. The Kier molecular flexibility index (Phi) is 11.9. The van der Waals surface area contributed by atoms with E-state index in [-0.39, 0.29) is 24.0 Å². The average Bonchev–Trinajstić information content (AvgIpc) is 3.00. The number of hydrogen-bond donors (Lipinski definition) is 5. The van der Waals surface area contributed by atoms with Crippen LogP contribution in [-0.2, 0) is 20.8 Å². The van der Waals surface area contributed by atoms with E-state index in [0.717, 1.165) is 42.1 Å². The van der Waals surface area contributed by atoms with Crippen molar-refractivity contribution in [3.8, 4) is 0 Å². The summed E-state index contributed by atoms with van der Waals surface area (Å²) in [5.74, 6) is -1.92. The number of fused-ring (bicyclic) bond motifs is 1. The Morgan fingerprint density at radius 3 is 2.33 bits per heavy atom. The molecule has 0 saturated carbocycles. The highest BCUT2D eigenvalue weighted by molar-refractivity contribution is 6.01. The maximum Gasteiger partial charge on any atom is 0.251 e. The van der Waals surface area contributed by atoms with Crippen molar-refractivity contribution < 1.29 is 24.3 Å². The van der Waals surface area contributed by atoms with E-state index in [0.29, 0.717) is 18.4 Å². The Morgan fingerprint density at radius 2 is 1.63 bits per heavy atom. The van der Waals surface area contributed by atoms with E-state index in [1.807, 2.05) is 81.4 Å². The van der Waals surface area contributed by atoms with Gasteiger partial charge in [-0.3, -0.25) is 24.1 Å². The summed E-state index contributed by atoms with van der Waals surface area (Å²) in [6.07, 6.45) is 2.01. The van der Waals surface area contributed by atoms with Crippen LogP contribution in [-0.4, -0.2) is 76.5 Å². The summed E-state index contributed by atoms with van der Waals surface area (Å²) in [5.41, 5.74) is 6.39. The van der Waals surface area contributed by atoms with Gasteiger partial charge in [0.2, 0.25) is 17.7 Å². The van der Waals surface area contributed by atoms with Crippen LogP contribution in [0.4, 0.5) is 0 Å². The number of nitrogens with two attached hydrogens (primary N) is 1. The number of benzene rings is 3. The number of nitrogens with one attached hydrogen (secondary N) is 3. The van der Waals surface area contributed by atoms with Gasteiger partial charge in [0.15, 0.2) is 0 Å². The summed E-state index contributed by atoms with van der Waals surface area (Å²) >= 11 is 0. The minimum absolute atomic E-state index is 0.0375. The largest absolute Gasteiger partial charge is 0.390 e. The van der Waals surface area contributed by atoms with Crippen LogP contribution in [0.25, 0.3) is 10.8 Å². The summed E-state index contributed by atoms with van der Waals surface area (Å²) in [6.45, 7) is 6.80. The van der Waals surface area contributed by atoms with Crippen LogP contribution in [0.3, 0.4) is 0 Å². The molecule has 3 aromatic carbocycles. The van der Waals surface area contributed by atoms with E-state index in [1.54, 1.807) is 12.1 Å². The van der Waals surface area contributed by atoms with E-state index in [4.69, 9.17) is 5.73 Å². The Bertz CT molecular complexity index is 1510. The van der Waals surface area contributed by atoms with E-state index < -0.39 is 42.3 Å². The zero-order chi connectivity index (χ0) is 33.3. The molecule has 4 amide bonds. The molecule has 4 atom stereocenters. The number of aliphatic hydroxyl groups is 1. The molecule has 10 heteroatoms. The molecule has 46 heavy (non-hydrogen) atoms. The fourth-order valence-electron chi connectivity index (χ4n) is 6.00. The number of β-amino-alcohol motifs (C(OH)–C–C–N with tert-alkyl or cyclic N) is 1. The van der Waals surface area contributed by atoms with Crippen LogP contribution in [0.15, 0.2) is 72.8 Å². The van der Waals surface area contributed by atoms with Gasteiger partial charge in [0, 0.05) is 30.1 Å². The molecule has 6 N–H and O–H groups in total. The van der Waals surface area contributed by atoms with Crippen molar-refractivity contribution in [3.05, 3.63) is 83.9 Å². The smallest absolute Gasteiger partial charge is 0.251 e. The van der Waals surface area contributed by atoms with E-state index in [1.165, 1.54) is 0 Å².